The molecule has 2 N–H and O–H groups in total. The molecular formula is C8H12N4O2S. The molecule has 1 unspecified atom stereocenters. The number of aromatic nitrogens is 3. The minimum atomic E-state index is -0.721. The summed E-state index contributed by atoms with van der Waals surface area (Å²) in [6, 6.07) is 0. The van der Waals surface area contributed by atoms with Crippen molar-refractivity contribution in [1.29, 1.82) is 0 Å². The molecule has 2 rings (SSSR count). The van der Waals surface area contributed by atoms with Crippen LogP contribution in [0.25, 0.3) is 0 Å². The summed E-state index contributed by atoms with van der Waals surface area (Å²) in [5.41, 5.74) is -1.40. The molecule has 2 heterocycles. The third-order valence-corrected chi connectivity index (χ3v) is 3.55. The molecular weight excluding hydrogens is 216 g/mol. The second-order valence-electron chi connectivity index (χ2n) is 3.43. The molecule has 0 amide bonds. The summed E-state index contributed by atoms with van der Waals surface area (Å²) in [5, 5.41) is 6.64. The Kier molecular flexibility index (Phi) is 2.92. The monoisotopic (exact) mass is 228 g/mol. The first-order valence-corrected chi connectivity index (χ1v) is 5.59. The van der Waals surface area contributed by atoms with E-state index < -0.39 is 11.1 Å². The van der Waals surface area contributed by atoms with E-state index in [0.717, 1.165) is 19.5 Å². The largest absolute Gasteiger partial charge is 0.339 e. The molecule has 1 aliphatic heterocycles. The summed E-state index contributed by atoms with van der Waals surface area (Å²) in [7, 11) is 1.68. The number of H-pyrrole nitrogens is 1. The van der Waals surface area contributed by atoms with Crippen molar-refractivity contribution in [2.45, 2.75) is 16.8 Å². The van der Waals surface area contributed by atoms with Crippen LogP contribution < -0.4 is 16.4 Å². The van der Waals surface area contributed by atoms with E-state index in [0.29, 0.717) is 10.4 Å². The van der Waals surface area contributed by atoms with Crippen molar-refractivity contribution in [2.75, 3.05) is 13.1 Å². The molecule has 1 saturated heterocycles. The topological polar surface area (TPSA) is 79.8 Å². The van der Waals surface area contributed by atoms with Crippen molar-refractivity contribution < 1.29 is 0 Å². The van der Waals surface area contributed by atoms with Crippen LogP contribution in [0.3, 0.4) is 0 Å². The van der Waals surface area contributed by atoms with Crippen molar-refractivity contribution in [3.05, 3.63) is 20.7 Å². The van der Waals surface area contributed by atoms with E-state index in [9.17, 15) is 9.59 Å². The van der Waals surface area contributed by atoms with Crippen LogP contribution in [0, 0.1) is 0 Å². The summed E-state index contributed by atoms with van der Waals surface area (Å²) in [6.45, 7) is 1.91. The van der Waals surface area contributed by atoms with Crippen LogP contribution in [0.4, 0.5) is 0 Å². The highest BCUT2D eigenvalue weighted by Crippen LogP contribution is 2.23. The molecule has 1 fully saturated rings. The minimum Gasteiger partial charge on any atom is -0.316 e. The highest BCUT2D eigenvalue weighted by molar-refractivity contribution is 7.99. The third-order valence-electron chi connectivity index (χ3n) is 2.23. The summed E-state index contributed by atoms with van der Waals surface area (Å²) in [6.07, 6.45) is 1.06. The molecule has 82 valence electrons. The Balaban J connectivity index is 2.24. The fourth-order valence-corrected chi connectivity index (χ4v) is 2.52. The van der Waals surface area contributed by atoms with Crippen LogP contribution in [0.1, 0.15) is 6.42 Å². The molecule has 1 atom stereocenters. The third kappa shape index (κ3) is 2.29. The van der Waals surface area contributed by atoms with Gasteiger partial charge in [0.15, 0.2) is 5.16 Å². The van der Waals surface area contributed by atoms with Crippen molar-refractivity contribution in [3.63, 3.8) is 0 Å². The number of hydrogen-bond donors (Lipinski definition) is 2. The van der Waals surface area contributed by atoms with E-state index in [4.69, 9.17) is 0 Å². The Morgan fingerprint density at radius 2 is 2.33 bits per heavy atom. The second-order valence-corrected chi connectivity index (χ2v) is 4.70. The molecule has 15 heavy (non-hydrogen) atoms. The van der Waals surface area contributed by atoms with Crippen molar-refractivity contribution >= 4 is 11.8 Å². The van der Waals surface area contributed by atoms with E-state index in [1.807, 2.05) is 0 Å². The van der Waals surface area contributed by atoms with Gasteiger partial charge < -0.3 is 5.32 Å². The molecule has 0 bridgehead atoms. The van der Waals surface area contributed by atoms with E-state index in [1.165, 1.54) is 16.4 Å². The number of aromatic amines is 1. The maximum Gasteiger partial charge on any atom is 0.339 e. The van der Waals surface area contributed by atoms with E-state index >= 15 is 0 Å². The zero-order chi connectivity index (χ0) is 10.8. The van der Waals surface area contributed by atoms with Gasteiger partial charge in [0.1, 0.15) is 0 Å². The maximum absolute atomic E-state index is 11.1. The normalized spacial score (nSPS) is 20.7. The van der Waals surface area contributed by atoms with Gasteiger partial charge in [-0.2, -0.15) is 4.98 Å². The number of rotatable bonds is 2. The Morgan fingerprint density at radius 1 is 1.53 bits per heavy atom. The van der Waals surface area contributed by atoms with Crippen molar-refractivity contribution in [2.24, 2.45) is 7.05 Å². The lowest BCUT2D eigenvalue weighted by Crippen LogP contribution is -2.34. The fraction of sp³-hybridized carbons (Fsp3) is 0.625. The zero-order valence-corrected chi connectivity index (χ0v) is 9.13. The van der Waals surface area contributed by atoms with Gasteiger partial charge in [-0.05, 0) is 13.0 Å². The molecule has 0 aliphatic carbocycles. The number of nitrogens with zero attached hydrogens (tertiary/aromatic N) is 2. The van der Waals surface area contributed by atoms with Crippen LogP contribution in [0.2, 0.25) is 0 Å². The Bertz CT molecular complexity index is 460. The summed E-state index contributed by atoms with van der Waals surface area (Å²) < 4.78 is 1.49. The number of nitrogens with one attached hydrogen (secondary N) is 2. The lowest BCUT2D eigenvalue weighted by atomic mass is 10.4. The molecule has 0 aromatic carbocycles. The Labute approximate surface area is 90.1 Å². The fourth-order valence-electron chi connectivity index (χ4n) is 1.44. The lowest BCUT2D eigenvalue weighted by molar-refractivity contribution is 0.595. The number of hydrogen-bond acceptors (Lipinski definition) is 5. The van der Waals surface area contributed by atoms with Gasteiger partial charge in [-0.1, -0.05) is 11.8 Å². The van der Waals surface area contributed by atoms with Crippen LogP contribution in [-0.2, 0) is 7.05 Å². The summed E-state index contributed by atoms with van der Waals surface area (Å²) in [4.78, 5) is 25.8. The highest BCUT2D eigenvalue weighted by Gasteiger charge is 2.18. The number of aryl methyl sites for hydroxylation is 1. The van der Waals surface area contributed by atoms with Crippen molar-refractivity contribution in [3.8, 4) is 0 Å². The smallest absolute Gasteiger partial charge is 0.316 e. The van der Waals surface area contributed by atoms with Gasteiger partial charge in [0.25, 0.3) is 0 Å². The van der Waals surface area contributed by atoms with Gasteiger partial charge in [0.2, 0.25) is 0 Å². The predicted molar refractivity (Wildman–Crippen MR) is 57.2 cm³/mol. The van der Waals surface area contributed by atoms with Crippen LogP contribution in [0.15, 0.2) is 14.7 Å². The van der Waals surface area contributed by atoms with Crippen molar-refractivity contribution in [1.82, 2.24) is 20.1 Å². The van der Waals surface area contributed by atoms with E-state index in [-0.39, 0.29) is 0 Å². The summed E-state index contributed by atoms with van der Waals surface area (Å²) >= 11 is 1.52. The van der Waals surface area contributed by atoms with E-state index in [2.05, 4.69) is 15.4 Å². The van der Waals surface area contributed by atoms with E-state index in [1.54, 1.807) is 7.05 Å². The average Bonchev–Trinajstić information content (AvgIpc) is 2.67. The Hall–Kier alpha value is -1.08. The molecule has 0 spiro atoms. The first-order valence-electron chi connectivity index (χ1n) is 4.71. The van der Waals surface area contributed by atoms with Crippen LogP contribution in [0.5, 0.6) is 0 Å². The van der Waals surface area contributed by atoms with Gasteiger partial charge in [0, 0.05) is 18.8 Å². The minimum absolute atomic E-state index is 0.425. The molecule has 1 aromatic rings. The first kappa shape index (κ1) is 10.4. The highest BCUT2D eigenvalue weighted by atomic mass is 32.2. The average molecular weight is 228 g/mol. The lowest BCUT2D eigenvalue weighted by Gasteiger charge is -2.09. The molecule has 0 radical (unpaired) electrons. The second kappa shape index (κ2) is 4.19. The van der Waals surface area contributed by atoms with Crippen LogP contribution in [-0.4, -0.2) is 33.1 Å². The quantitative estimate of drug-likeness (QED) is 0.630. The standard InChI is InChI=1S/C8H12N4O2S/c1-12-8(10-6(13)7(14)11-12)15-5-2-3-9-4-5/h5,9H,2-4H2,1H3,(H,11,14). The molecule has 6 nitrogen and oxygen atoms in total. The SMILES string of the molecule is Cn1[nH]c(=O)c(=O)nc1SC1CCNC1. The first-order chi connectivity index (χ1) is 7.16. The molecule has 1 aliphatic rings. The van der Waals surface area contributed by atoms with Gasteiger partial charge in [0.05, 0.1) is 0 Å². The predicted octanol–water partition coefficient (Wildman–Crippen LogP) is -1.08. The van der Waals surface area contributed by atoms with Gasteiger partial charge in [-0.25, -0.2) is 0 Å². The summed E-state index contributed by atoms with van der Waals surface area (Å²) in [5.74, 6) is 0. The van der Waals surface area contributed by atoms with Crippen LogP contribution >= 0.6 is 11.8 Å². The number of thioether (sulfide) groups is 1. The van der Waals surface area contributed by atoms with Gasteiger partial charge in [-0.15, -0.1) is 0 Å². The van der Waals surface area contributed by atoms with Gasteiger partial charge in [-0.3, -0.25) is 19.4 Å². The molecule has 1 aromatic heterocycles. The maximum atomic E-state index is 11.1. The zero-order valence-electron chi connectivity index (χ0n) is 8.32. The van der Waals surface area contributed by atoms with Gasteiger partial charge >= 0.3 is 11.1 Å². The molecule has 0 saturated carbocycles. The molecule has 7 heteroatoms. The Morgan fingerprint density at radius 3 is 3.00 bits per heavy atom.